The average Bonchev–Trinajstić information content (AvgIpc) is 2.46. The molecule has 0 aliphatic heterocycles. The number of aryl methyl sites for hydroxylation is 1. The van der Waals surface area contributed by atoms with Gasteiger partial charge < -0.3 is 10.4 Å². The van der Waals surface area contributed by atoms with Crippen LogP contribution < -0.4 is 5.32 Å². The number of aromatic carboxylic acids is 1. The molecule has 2 aromatic heterocycles. The van der Waals surface area contributed by atoms with E-state index in [2.05, 4.69) is 15.3 Å². The molecule has 0 aliphatic carbocycles. The van der Waals surface area contributed by atoms with Gasteiger partial charge in [0.25, 0.3) is 0 Å². The monoisotopic (exact) mass is 271 g/mol. The second-order valence-electron chi connectivity index (χ2n) is 4.10. The van der Waals surface area contributed by atoms with Gasteiger partial charge in [-0.15, -0.1) is 0 Å². The van der Waals surface area contributed by atoms with E-state index in [0.717, 1.165) is 5.69 Å². The molecule has 2 heterocycles. The van der Waals surface area contributed by atoms with Gasteiger partial charge in [-0.1, -0.05) is 6.07 Å². The molecule has 0 spiro atoms. The third kappa shape index (κ3) is 3.88. The van der Waals surface area contributed by atoms with Crippen molar-refractivity contribution in [2.45, 2.75) is 12.8 Å². The maximum absolute atomic E-state index is 11.7. The van der Waals surface area contributed by atoms with Gasteiger partial charge >= 0.3 is 5.97 Å². The molecule has 0 atom stereocenters. The van der Waals surface area contributed by atoms with Crippen molar-refractivity contribution in [3.63, 3.8) is 0 Å². The zero-order chi connectivity index (χ0) is 14.4. The van der Waals surface area contributed by atoms with Gasteiger partial charge in [0.1, 0.15) is 5.82 Å². The first kappa shape index (κ1) is 13.7. The van der Waals surface area contributed by atoms with Gasteiger partial charge in [-0.05, 0) is 30.7 Å². The largest absolute Gasteiger partial charge is 0.478 e. The summed E-state index contributed by atoms with van der Waals surface area (Å²) in [4.78, 5) is 30.6. The molecule has 20 heavy (non-hydrogen) atoms. The lowest BCUT2D eigenvalue weighted by molar-refractivity contribution is -0.116. The molecule has 0 fully saturated rings. The van der Waals surface area contributed by atoms with E-state index in [9.17, 15) is 9.59 Å². The van der Waals surface area contributed by atoms with Crippen LogP contribution in [0.3, 0.4) is 0 Å². The Bertz CT molecular complexity index is 614. The second kappa shape index (κ2) is 6.42. The third-order valence-corrected chi connectivity index (χ3v) is 2.61. The number of hydrogen-bond acceptors (Lipinski definition) is 4. The Hall–Kier alpha value is -2.76. The first-order chi connectivity index (χ1) is 9.65. The van der Waals surface area contributed by atoms with E-state index in [1.165, 1.54) is 18.3 Å². The highest BCUT2D eigenvalue weighted by molar-refractivity contribution is 5.92. The number of amides is 1. The third-order valence-electron chi connectivity index (χ3n) is 2.61. The molecule has 0 unspecified atom stereocenters. The summed E-state index contributed by atoms with van der Waals surface area (Å²) in [5, 5.41) is 11.4. The Balaban J connectivity index is 1.91. The van der Waals surface area contributed by atoms with Crippen molar-refractivity contribution < 1.29 is 14.7 Å². The SMILES string of the molecule is O=C(CCc1ccccn1)Nc1cc(C(=O)O)ccn1. The van der Waals surface area contributed by atoms with Gasteiger partial charge in [-0.3, -0.25) is 9.78 Å². The predicted molar refractivity (Wildman–Crippen MR) is 72.4 cm³/mol. The summed E-state index contributed by atoms with van der Waals surface area (Å²) in [6, 6.07) is 8.20. The van der Waals surface area contributed by atoms with E-state index in [4.69, 9.17) is 5.11 Å². The van der Waals surface area contributed by atoms with Gasteiger partial charge in [-0.25, -0.2) is 9.78 Å². The average molecular weight is 271 g/mol. The number of carboxylic acids is 1. The molecule has 0 aromatic carbocycles. The fourth-order valence-corrected chi connectivity index (χ4v) is 1.62. The molecule has 1 amide bonds. The number of carboxylic acid groups (broad SMARTS) is 1. The number of nitrogens with one attached hydrogen (secondary N) is 1. The van der Waals surface area contributed by atoms with Gasteiger partial charge in [0.2, 0.25) is 5.91 Å². The van der Waals surface area contributed by atoms with Crippen LogP contribution in [-0.4, -0.2) is 27.0 Å². The lowest BCUT2D eigenvalue weighted by atomic mass is 10.2. The van der Waals surface area contributed by atoms with Crippen molar-refractivity contribution in [3.8, 4) is 0 Å². The molecule has 0 radical (unpaired) electrons. The van der Waals surface area contributed by atoms with Crippen LogP contribution in [-0.2, 0) is 11.2 Å². The van der Waals surface area contributed by atoms with E-state index >= 15 is 0 Å². The smallest absolute Gasteiger partial charge is 0.335 e. The van der Waals surface area contributed by atoms with Crippen molar-refractivity contribution in [3.05, 3.63) is 54.0 Å². The summed E-state index contributed by atoms with van der Waals surface area (Å²) in [5.74, 6) is -1.06. The Morgan fingerprint density at radius 2 is 2.00 bits per heavy atom. The van der Waals surface area contributed by atoms with Gasteiger partial charge in [-0.2, -0.15) is 0 Å². The number of rotatable bonds is 5. The second-order valence-corrected chi connectivity index (χ2v) is 4.10. The van der Waals surface area contributed by atoms with E-state index in [1.54, 1.807) is 6.20 Å². The van der Waals surface area contributed by atoms with Gasteiger partial charge in [0.15, 0.2) is 0 Å². The normalized spacial score (nSPS) is 10.0. The summed E-state index contributed by atoms with van der Waals surface area (Å²) >= 11 is 0. The molecule has 2 N–H and O–H groups in total. The number of hydrogen-bond donors (Lipinski definition) is 2. The molecule has 6 heteroatoms. The fraction of sp³-hybridized carbons (Fsp3) is 0.143. The topological polar surface area (TPSA) is 92.2 Å². The summed E-state index contributed by atoms with van der Waals surface area (Å²) in [7, 11) is 0. The Kier molecular flexibility index (Phi) is 4.39. The number of carbonyl (C=O) groups is 2. The number of aromatic nitrogens is 2. The van der Waals surface area contributed by atoms with E-state index in [0.29, 0.717) is 6.42 Å². The zero-order valence-corrected chi connectivity index (χ0v) is 10.6. The van der Waals surface area contributed by atoms with E-state index < -0.39 is 5.97 Å². The maximum atomic E-state index is 11.7. The van der Waals surface area contributed by atoms with Crippen molar-refractivity contribution in [1.29, 1.82) is 0 Å². The molecule has 102 valence electrons. The zero-order valence-electron chi connectivity index (χ0n) is 10.6. The van der Waals surface area contributed by atoms with Crippen molar-refractivity contribution >= 4 is 17.7 Å². The lowest BCUT2D eigenvalue weighted by Gasteiger charge is -2.05. The van der Waals surface area contributed by atoms with Crippen LogP contribution in [0, 0.1) is 0 Å². The highest BCUT2D eigenvalue weighted by Crippen LogP contribution is 2.08. The molecule has 0 saturated carbocycles. The Labute approximate surface area is 115 Å². The number of anilines is 1. The van der Waals surface area contributed by atoms with Crippen molar-refractivity contribution in [2.24, 2.45) is 0 Å². The minimum Gasteiger partial charge on any atom is -0.478 e. The molecule has 0 saturated heterocycles. The fourth-order valence-electron chi connectivity index (χ4n) is 1.62. The number of nitrogens with zero attached hydrogens (tertiary/aromatic N) is 2. The number of carbonyl (C=O) groups excluding carboxylic acids is 1. The van der Waals surface area contributed by atoms with Crippen molar-refractivity contribution in [2.75, 3.05) is 5.32 Å². The van der Waals surface area contributed by atoms with Crippen LogP contribution in [0.25, 0.3) is 0 Å². The molecular weight excluding hydrogens is 258 g/mol. The molecule has 0 aliphatic rings. The Morgan fingerprint density at radius 1 is 1.15 bits per heavy atom. The van der Waals surface area contributed by atoms with Crippen LogP contribution in [0.15, 0.2) is 42.7 Å². The highest BCUT2D eigenvalue weighted by atomic mass is 16.4. The van der Waals surface area contributed by atoms with Crippen LogP contribution >= 0.6 is 0 Å². The van der Waals surface area contributed by atoms with Gasteiger partial charge in [0.05, 0.1) is 5.56 Å². The minimum absolute atomic E-state index is 0.0834. The minimum atomic E-state index is -1.06. The molecular formula is C14H13N3O3. The van der Waals surface area contributed by atoms with Crippen LogP contribution in [0.1, 0.15) is 22.5 Å². The molecule has 0 bridgehead atoms. The predicted octanol–water partition coefficient (Wildman–Crippen LogP) is 1.75. The standard InChI is InChI=1S/C14H13N3O3/c18-13(5-4-11-3-1-2-7-15-11)17-12-9-10(14(19)20)6-8-16-12/h1-3,6-9H,4-5H2,(H,19,20)(H,16,17,18). The van der Waals surface area contributed by atoms with Crippen LogP contribution in [0.4, 0.5) is 5.82 Å². The summed E-state index contributed by atoms with van der Waals surface area (Å²) in [6.07, 6.45) is 3.80. The van der Waals surface area contributed by atoms with Crippen molar-refractivity contribution in [1.82, 2.24) is 9.97 Å². The summed E-state index contributed by atoms with van der Waals surface area (Å²) in [6.45, 7) is 0. The first-order valence-corrected chi connectivity index (χ1v) is 6.04. The maximum Gasteiger partial charge on any atom is 0.335 e. The summed E-state index contributed by atoms with van der Waals surface area (Å²) in [5.41, 5.74) is 0.912. The van der Waals surface area contributed by atoms with Crippen LogP contribution in [0.5, 0.6) is 0 Å². The highest BCUT2D eigenvalue weighted by Gasteiger charge is 2.07. The van der Waals surface area contributed by atoms with E-state index in [1.807, 2.05) is 18.2 Å². The molecule has 2 aromatic rings. The summed E-state index contributed by atoms with van der Waals surface area (Å²) < 4.78 is 0. The number of pyridine rings is 2. The molecule has 6 nitrogen and oxygen atoms in total. The van der Waals surface area contributed by atoms with Gasteiger partial charge in [0, 0.05) is 24.5 Å². The Morgan fingerprint density at radius 3 is 2.70 bits per heavy atom. The quantitative estimate of drug-likeness (QED) is 0.864. The lowest BCUT2D eigenvalue weighted by Crippen LogP contribution is -2.14. The van der Waals surface area contributed by atoms with E-state index in [-0.39, 0.29) is 23.7 Å². The first-order valence-electron chi connectivity index (χ1n) is 6.04. The molecule has 2 rings (SSSR count). The van der Waals surface area contributed by atoms with Crippen LogP contribution in [0.2, 0.25) is 0 Å².